The summed E-state index contributed by atoms with van der Waals surface area (Å²) in [4.78, 5) is 0. The quantitative estimate of drug-likeness (QED) is 0.511. The third-order valence-corrected chi connectivity index (χ3v) is 3.34. The van der Waals surface area contributed by atoms with Gasteiger partial charge in [0.2, 0.25) is 0 Å². The number of rotatable bonds is 0. The van der Waals surface area contributed by atoms with Gasteiger partial charge in [-0.05, 0) is 25.3 Å². The standard InChI is InChI=1S/C7H13IN2/c8-10-4-6-2-1-3-9-7(6)5-10/h6-7,9H,1-5H2/t6-,7+/m0/s1. The molecule has 10 heavy (non-hydrogen) atoms. The number of hydrogen-bond acceptors (Lipinski definition) is 2. The van der Waals surface area contributed by atoms with Crippen molar-refractivity contribution in [2.75, 3.05) is 19.6 Å². The van der Waals surface area contributed by atoms with Gasteiger partial charge in [0.05, 0.1) is 0 Å². The van der Waals surface area contributed by atoms with E-state index in [1.54, 1.807) is 0 Å². The van der Waals surface area contributed by atoms with Gasteiger partial charge in [0.15, 0.2) is 0 Å². The lowest BCUT2D eigenvalue weighted by Crippen LogP contribution is -2.40. The van der Waals surface area contributed by atoms with Crippen molar-refractivity contribution in [3.05, 3.63) is 0 Å². The molecule has 1 N–H and O–H groups in total. The number of nitrogens with one attached hydrogen (secondary N) is 1. The van der Waals surface area contributed by atoms with Crippen LogP contribution < -0.4 is 5.32 Å². The maximum atomic E-state index is 3.56. The molecule has 0 radical (unpaired) electrons. The molecular formula is C7H13IN2. The molecule has 2 saturated heterocycles. The largest absolute Gasteiger partial charge is 0.312 e. The summed E-state index contributed by atoms with van der Waals surface area (Å²) >= 11 is 2.43. The highest BCUT2D eigenvalue weighted by molar-refractivity contribution is 14.1. The van der Waals surface area contributed by atoms with Crippen molar-refractivity contribution >= 4 is 22.9 Å². The average Bonchev–Trinajstić information content (AvgIpc) is 2.27. The Labute approximate surface area is 75.8 Å². The zero-order chi connectivity index (χ0) is 6.97. The molecule has 58 valence electrons. The Balaban J connectivity index is 1.97. The van der Waals surface area contributed by atoms with E-state index in [2.05, 4.69) is 31.3 Å². The first-order valence-corrected chi connectivity index (χ1v) is 4.97. The SMILES string of the molecule is IN1C[C@@H]2CCCN[C@@H]2C1. The van der Waals surface area contributed by atoms with E-state index < -0.39 is 0 Å². The van der Waals surface area contributed by atoms with E-state index in [0.717, 1.165) is 12.0 Å². The van der Waals surface area contributed by atoms with Gasteiger partial charge in [-0.1, -0.05) is 0 Å². The molecule has 0 aliphatic carbocycles. The Bertz CT molecular complexity index is 115. The second kappa shape index (κ2) is 2.95. The fraction of sp³-hybridized carbons (Fsp3) is 1.00. The van der Waals surface area contributed by atoms with E-state index in [4.69, 9.17) is 0 Å². The number of nitrogens with zero attached hydrogens (tertiary/aromatic N) is 1. The van der Waals surface area contributed by atoms with E-state index in [1.165, 1.54) is 32.5 Å². The molecule has 2 nitrogen and oxygen atoms in total. The fourth-order valence-corrected chi connectivity index (χ4v) is 2.92. The van der Waals surface area contributed by atoms with E-state index in [9.17, 15) is 0 Å². The molecule has 0 aromatic heterocycles. The highest BCUT2D eigenvalue weighted by Crippen LogP contribution is 2.26. The molecule has 2 rings (SSSR count). The van der Waals surface area contributed by atoms with E-state index in [-0.39, 0.29) is 0 Å². The molecule has 0 aromatic rings. The molecule has 0 unspecified atom stereocenters. The summed E-state index contributed by atoms with van der Waals surface area (Å²) in [6.45, 7) is 3.80. The second-order valence-corrected chi connectivity index (χ2v) is 4.66. The first-order chi connectivity index (χ1) is 4.86. The average molecular weight is 252 g/mol. The lowest BCUT2D eigenvalue weighted by molar-refractivity contribution is 0.339. The van der Waals surface area contributed by atoms with Gasteiger partial charge in [0, 0.05) is 42.0 Å². The van der Waals surface area contributed by atoms with Gasteiger partial charge in [-0.25, -0.2) is 3.11 Å². The number of fused-ring (bicyclic) bond motifs is 1. The zero-order valence-corrected chi connectivity index (χ0v) is 8.17. The number of piperidine rings is 1. The van der Waals surface area contributed by atoms with Crippen molar-refractivity contribution < 1.29 is 0 Å². The van der Waals surface area contributed by atoms with E-state index in [1.807, 2.05) is 0 Å². The van der Waals surface area contributed by atoms with Crippen LogP contribution in [0.1, 0.15) is 12.8 Å². The Morgan fingerprint density at radius 3 is 3.10 bits per heavy atom. The Morgan fingerprint density at radius 2 is 2.30 bits per heavy atom. The zero-order valence-electron chi connectivity index (χ0n) is 6.02. The minimum atomic E-state index is 0.811. The van der Waals surface area contributed by atoms with Crippen molar-refractivity contribution in [1.82, 2.24) is 8.43 Å². The molecule has 2 heterocycles. The van der Waals surface area contributed by atoms with Crippen LogP contribution in [-0.2, 0) is 0 Å². The molecule has 2 aliphatic heterocycles. The second-order valence-electron chi connectivity index (χ2n) is 3.29. The van der Waals surface area contributed by atoms with Gasteiger partial charge in [0.25, 0.3) is 0 Å². The third kappa shape index (κ3) is 1.31. The summed E-state index contributed by atoms with van der Waals surface area (Å²) < 4.78 is 2.41. The van der Waals surface area contributed by atoms with Crippen molar-refractivity contribution in [1.29, 1.82) is 0 Å². The Kier molecular flexibility index (Phi) is 2.15. The van der Waals surface area contributed by atoms with Gasteiger partial charge in [-0.2, -0.15) is 0 Å². The van der Waals surface area contributed by atoms with Crippen LogP contribution in [-0.4, -0.2) is 28.8 Å². The Morgan fingerprint density at radius 1 is 1.40 bits per heavy atom. The summed E-state index contributed by atoms with van der Waals surface area (Å²) in [6, 6.07) is 0.811. The van der Waals surface area contributed by atoms with Crippen LogP contribution in [0.4, 0.5) is 0 Å². The number of halogens is 1. The fourth-order valence-electron chi connectivity index (χ4n) is 1.99. The highest BCUT2D eigenvalue weighted by atomic mass is 127. The lowest BCUT2D eigenvalue weighted by atomic mass is 9.94. The first-order valence-electron chi connectivity index (χ1n) is 4.00. The molecule has 0 amide bonds. The van der Waals surface area contributed by atoms with E-state index >= 15 is 0 Å². The minimum Gasteiger partial charge on any atom is -0.312 e. The number of hydrogen-bond donors (Lipinski definition) is 1. The summed E-state index contributed by atoms with van der Waals surface area (Å²) in [6.07, 6.45) is 2.82. The summed E-state index contributed by atoms with van der Waals surface area (Å²) in [5.41, 5.74) is 0. The van der Waals surface area contributed by atoms with Crippen LogP contribution in [0.25, 0.3) is 0 Å². The van der Waals surface area contributed by atoms with Crippen molar-refractivity contribution in [3.63, 3.8) is 0 Å². The van der Waals surface area contributed by atoms with E-state index in [0.29, 0.717) is 0 Å². The predicted octanol–water partition coefficient (Wildman–Crippen LogP) is 1.02. The predicted molar refractivity (Wildman–Crippen MR) is 50.1 cm³/mol. The highest BCUT2D eigenvalue weighted by Gasteiger charge is 2.32. The van der Waals surface area contributed by atoms with Crippen LogP contribution >= 0.6 is 22.9 Å². The molecule has 2 aliphatic rings. The molecule has 2 fully saturated rings. The monoisotopic (exact) mass is 252 g/mol. The molecule has 3 heteroatoms. The van der Waals surface area contributed by atoms with Gasteiger partial charge in [0.1, 0.15) is 0 Å². The van der Waals surface area contributed by atoms with Crippen molar-refractivity contribution in [2.45, 2.75) is 18.9 Å². The smallest absolute Gasteiger partial charge is 0.0243 e. The molecule has 0 spiro atoms. The van der Waals surface area contributed by atoms with Gasteiger partial charge >= 0.3 is 0 Å². The summed E-state index contributed by atoms with van der Waals surface area (Å²) in [5, 5.41) is 3.56. The topological polar surface area (TPSA) is 15.3 Å². The minimum absolute atomic E-state index is 0.811. The van der Waals surface area contributed by atoms with Crippen LogP contribution in [0, 0.1) is 5.92 Å². The maximum absolute atomic E-state index is 3.56. The van der Waals surface area contributed by atoms with Crippen LogP contribution in [0.2, 0.25) is 0 Å². The lowest BCUT2D eigenvalue weighted by Gasteiger charge is -2.24. The van der Waals surface area contributed by atoms with Gasteiger partial charge in [-0.15, -0.1) is 0 Å². The molecule has 2 atom stereocenters. The van der Waals surface area contributed by atoms with Crippen LogP contribution in [0.15, 0.2) is 0 Å². The Hall–Kier alpha value is 0.650. The molecular weight excluding hydrogens is 239 g/mol. The maximum Gasteiger partial charge on any atom is 0.0243 e. The van der Waals surface area contributed by atoms with Gasteiger partial charge in [-0.3, -0.25) is 0 Å². The normalized spacial score (nSPS) is 41.7. The summed E-state index contributed by atoms with van der Waals surface area (Å²) in [7, 11) is 0. The van der Waals surface area contributed by atoms with Crippen LogP contribution in [0.3, 0.4) is 0 Å². The summed E-state index contributed by atoms with van der Waals surface area (Å²) in [5.74, 6) is 0.950. The van der Waals surface area contributed by atoms with Crippen molar-refractivity contribution in [2.24, 2.45) is 5.92 Å². The third-order valence-electron chi connectivity index (χ3n) is 2.55. The van der Waals surface area contributed by atoms with Crippen molar-refractivity contribution in [3.8, 4) is 0 Å². The van der Waals surface area contributed by atoms with Gasteiger partial charge < -0.3 is 5.32 Å². The molecule has 0 bridgehead atoms. The molecule has 0 saturated carbocycles. The first kappa shape index (κ1) is 7.31. The van der Waals surface area contributed by atoms with Crippen LogP contribution in [0.5, 0.6) is 0 Å². The molecule has 0 aromatic carbocycles.